The number of hydrogen-bond acceptors (Lipinski definition) is 3. The molecule has 50 heavy (non-hydrogen) atoms. The van der Waals surface area contributed by atoms with E-state index < -0.39 is 0 Å². The van der Waals surface area contributed by atoms with Gasteiger partial charge in [-0.1, -0.05) is 103 Å². The molecular weight excluding hydrogens is 611 g/mol. The van der Waals surface area contributed by atoms with Gasteiger partial charge in [-0.25, -0.2) is 9.97 Å². The van der Waals surface area contributed by atoms with E-state index in [0.29, 0.717) is 11.6 Å². The topological polar surface area (TPSA) is 59.4 Å². The van der Waals surface area contributed by atoms with Gasteiger partial charge in [0.25, 0.3) is 0 Å². The van der Waals surface area contributed by atoms with Crippen LogP contribution in [0.1, 0.15) is 5.69 Å². The van der Waals surface area contributed by atoms with E-state index in [2.05, 4.69) is 143 Å². The van der Waals surface area contributed by atoms with Gasteiger partial charge in [-0.05, 0) is 82.9 Å². The lowest BCUT2D eigenvalue weighted by molar-refractivity contribution is 1.00. The molecule has 7 aromatic carbocycles. The first-order valence-electron chi connectivity index (χ1n) is 16.6. The first-order chi connectivity index (χ1) is 24.7. The largest absolute Gasteiger partial charge is 0.309 e. The van der Waals surface area contributed by atoms with Crippen molar-refractivity contribution in [2.45, 2.75) is 0 Å². The molecule has 5 nitrogen and oxygen atoms in total. The third-order valence-electron chi connectivity index (χ3n) is 9.81. The molecule has 0 spiro atoms. The third-order valence-corrected chi connectivity index (χ3v) is 9.81. The third kappa shape index (κ3) is 4.26. The molecular formula is C45H27N5. The zero-order valence-electron chi connectivity index (χ0n) is 26.8. The molecule has 0 aliphatic rings. The molecule has 0 radical (unpaired) electrons. The number of rotatable bonds is 4. The highest BCUT2D eigenvalue weighted by atomic mass is 15.2. The Bertz CT molecular complexity index is 2980. The summed E-state index contributed by atoms with van der Waals surface area (Å²) in [6.07, 6.45) is 0. The van der Waals surface area contributed by atoms with Crippen LogP contribution in [0.2, 0.25) is 0 Å². The number of nitrogens with zero attached hydrogens (tertiary/aromatic N) is 5. The van der Waals surface area contributed by atoms with Crippen LogP contribution in [0.5, 0.6) is 0 Å². The SMILES string of the molecule is N#Cc1nc(-n2c3ccccc3c3cc(-c4ccc5c(c4)c4ccccc4n5-c4ccc(-c5ccccc5)cc4)ccc32)nc2ccccc12. The average Bonchev–Trinajstić information content (AvgIpc) is 3.70. The van der Waals surface area contributed by atoms with Gasteiger partial charge in [0.2, 0.25) is 5.95 Å². The summed E-state index contributed by atoms with van der Waals surface area (Å²) < 4.78 is 4.43. The lowest BCUT2D eigenvalue weighted by Gasteiger charge is -2.10. The summed E-state index contributed by atoms with van der Waals surface area (Å²) in [5.41, 5.74) is 11.3. The molecule has 0 saturated carbocycles. The minimum absolute atomic E-state index is 0.368. The number of hydrogen-bond donors (Lipinski definition) is 0. The van der Waals surface area contributed by atoms with Crippen molar-refractivity contribution in [1.29, 1.82) is 5.26 Å². The Kier molecular flexibility index (Phi) is 6.17. The Labute approximate surface area is 287 Å². The Morgan fingerprint density at radius 1 is 0.400 bits per heavy atom. The molecule has 0 aliphatic heterocycles. The fourth-order valence-electron chi connectivity index (χ4n) is 7.48. The van der Waals surface area contributed by atoms with E-state index in [0.717, 1.165) is 49.5 Å². The summed E-state index contributed by atoms with van der Waals surface area (Å²) in [5.74, 6) is 0.491. The predicted octanol–water partition coefficient (Wildman–Crippen LogP) is 11.0. The molecule has 10 rings (SSSR count). The molecule has 0 fully saturated rings. The van der Waals surface area contributed by atoms with Crippen molar-refractivity contribution in [2.75, 3.05) is 0 Å². The van der Waals surface area contributed by atoms with E-state index in [1.165, 1.54) is 32.9 Å². The molecule has 0 bridgehead atoms. The maximum Gasteiger partial charge on any atom is 0.236 e. The molecule has 0 N–H and O–H groups in total. The number of aromatic nitrogens is 4. The minimum atomic E-state index is 0.368. The molecule has 0 aliphatic carbocycles. The maximum absolute atomic E-state index is 9.96. The van der Waals surface area contributed by atoms with Crippen molar-refractivity contribution in [3.05, 3.63) is 169 Å². The second kappa shape index (κ2) is 11.0. The van der Waals surface area contributed by atoms with Gasteiger partial charge < -0.3 is 4.57 Å². The lowest BCUT2D eigenvalue weighted by Crippen LogP contribution is -2.03. The standard InChI is InChI=1S/C45H27N5/c46-28-40-36-14-4-7-15-39(36)47-45(48-40)50-42-17-9-6-13-35(42)38-27-32(21-25-44(38)50)31-20-24-43-37(26-31)34-12-5-8-16-41(34)49(43)33-22-18-30(19-23-33)29-10-2-1-3-11-29/h1-27H. The van der Waals surface area contributed by atoms with Crippen molar-refractivity contribution in [1.82, 2.24) is 19.1 Å². The molecule has 5 heteroatoms. The summed E-state index contributed by atoms with van der Waals surface area (Å²) in [4.78, 5) is 9.66. The van der Waals surface area contributed by atoms with E-state index in [9.17, 15) is 5.26 Å². The predicted molar refractivity (Wildman–Crippen MR) is 204 cm³/mol. The van der Waals surface area contributed by atoms with Crippen LogP contribution in [0.4, 0.5) is 0 Å². The number of benzene rings is 7. The molecule has 0 saturated heterocycles. The number of fused-ring (bicyclic) bond motifs is 7. The van der Waals surface area contributed by atoms with Crippen LogP contribution in [-0.2, 0) is 0 Å². The van der Waals surface area contributed by atoms with E-state index in [4.69, 9.17) is 9.97 Å². The second-order valence-electron chi connectivity index (χ2n) is 12.6. The lowest BCUT2D eigenvalue weighted by atomic mass is 10.0. The summed E-state index contributed by atoms with van der Waals surface area (Å²) in [6.45, 7) is 0. The highest BCUT2D eigenvalue weighted by Crippen LogP contribution is 2.38. The fraction of sp³-hybridized carbons (Fsp3) is 0. The van der Waals surface area contributed by atoms with Crippen LogP contribution >= 0.6 is 0 Å². The zero-order chi connectivity index (χ0) is 33.2. The van der Waals surface area contributed by atoms with E-state index in [1.54, 1.807) is 0 Å². The molecule has 0 atom stereocenters. The summed E-state index contributed by atoms with van der Waals surface area (Å²) in [5, 5.41) is 15.4. The van der Waals surface area contributed by atoms with Crippen molar-refractivity contribution in [2.24, 2.45) is 0 Å². The van der Waals surface area contributed by atoms with Gasteiger partial charge in [-0.15, -0.1) is 0 Å². The molecule has 3 aromatic heterocycles. The van der Waals surface area contributed by atoms with Gasteiger partial charge in [0.15, 0.2) is 5.69 Å². The Morgan fingerprint density at radius 2 is 0.900 bits per heavy atom. The van der Waals surface area contributed by atoms with Crippen LogP contribution in [-0.4, -0.2) is 19.1 Å². The van der Waals surface area contributed by atoms with Gasteiger partial charge >= 0.3 is 0 Å². The Hall–Kier alpha value is -7.03. The Morgan fingerprint density at radius 3 is 1.56 bits per heavy atom. The molecule has 0 amide bonds. The van der Waals surface area contributed by atoms with Crippen molar-refractivity contribution in [3.63, 3.8) is 0 Å². The molecule has 3 heterocycles. The van der Waals surface area contributed by atoms with Crippen LogP contribution in [0.3, 0.4) is 0 Å². The van der Waals surface area contributed by atoms with E-state index in [1.807, 2.05) is 36.4 Å². The Balaban J connectivity index is 1.13. The van der Waals surface area contributed by atoms with Gasteiger partial charge in [-0.3, -0.25) is 4.57 Å². The first-order valence-corrected chi connectivity index (χ1v) is 16.6. The van der Waals surface area contributed by atoms with Gasteiger partial charge in [0.1, 0.15) is 6.07 Å². The van der Waals surface area contributed by atoms with Crippen LogP contribution < -0.4 is 0 Å². The van der Waals surface area contributed by atoms with Crippen molar-refractivity contribution < 1.29 is 0 Å². The van der Waals surface area contributed by atoms with Gasteiger partial charge in [0, 0.05) is 32.6 Å². The molecule has 10 aromatic rings. The minimum Gasteiger partial charge on any atom is -0.309 e. The smallest absolute Gasteiger partial charge is 0.236 e. The summed E-state index contributed by atoms with van der Waals surface area (Å²) in [6, 6.07) is 59.6. The summed E-state index contributed by atoms with van der Waals surface area (Å²) in [7, 11) is 0. The summed E-state index contributed by atoms with van der Waals surface area (Å²) >= 11 is 0. The fourth-order valence-corrected chi connectivity index (χ4v) is 7.48. The highest BCUT2D eigenvalue weighted by Gasteiger charge is 2.18. The van der Waals surface area contributed by atoms with E-state index in [-0.39, 0.29) is 0 Å². The van der Waals surface area contributed by atoms with Crippen molar-refractivity contribution >= 4 is 54.5 Å². The van der Waals surface area contributed by atoms with Crippen molar-refractivity contribution in [3.8, 4) is 40.0 Å². The van der Waals surface area contributed by atoms with Crippen LogP contribution in [0.15, 0.2) is 164 Å². The number of para-hydroxylation sites is 3. The molecule has 232 valence electrons. The van der Waals surface area contributed by atoms with E-state index >= 15 is 0 Å². The molecule has 0 unspecified atom stereocenters. The monoisotopic (exact) mass is 637 g/mol. The second-order valence-corrected chi connectivity index (χ2v) is 12.6. The zero-order valence-corrected chi connectivity index (χ0v) is 26.8. The highest BCUT2D eigenvalue weighted by molar-refractivity contribution is 6.12. The quantitative estimate of drug-likeness (QED) is 0.193. The number of nitriles is 1. The normalized spacial score (nSPS) is 11.6. The van der Waals surface area contributed by atoms with Gasteiger partial charge in [0.05, 0.1) is 27.6 Å². The average molecular weight is 638 g/mol. The first kappa shape index (κ1) is 28.0. The van der Waals surface area contributed by atoms with Crippen LogP contribution in [0, 0.1) is 11.3 Å². The van der Waals surface area contributed by atoms with Crippen LogP contribution in [0.25, 0.3) is 88.4 Å². The maximum atomic E-state index is 9.96. The van der Waals surface area contributed by atoms with Gasteiger partial charge in [-0.2, -0.15) is 5.26 Å².